The molecule has 1 aliphatic rings. The third-order valence-corrected chi connectivity index (χ3v) is 4.96. The lowest BCUT2D eigenvalue weighted by atomic mass is 10.1. The number of hydrogen-bond acceptors (Lipinski definition) is 3. The van der Waals surface area contributed by atoms with E-state index in [1.807, 2.05) is 17.0 Å². The Kier molecular flexibility index (Phi) is 5.89. The molecule has 0 unspecified atom stereocenters. The first-order valence-corrected chi connectivity index (χ1v) is 8.94. The number of halogens is 1. The van der Waals surface area contributed by atoms with Gasteiger partial charge in [-0.15, -0.1) is 0 Å². The van der Waals surface area contributed by atoms with Gasteiger partial charge in [0, 0.05) is 50.8 Å². The zero-order valence-electron chi connectivity index (χ0n) is 15.4. The number of carbonyl (C=O) groups is 1. The van der Waals surface area contributed by atoms with Crippen LogP contribution < -0.4 is 4.74 Å². The van der Waals surface area contributed by atoms with Gasteiger partial charge in [-0.25, -0.2) is 4.39 Å². The van der Waals surface area contributed by atoms with Crippen molar-refractivity contribution in [2.45, 2.75) is 26.4 Å². The molecule has 0 spiro atoms. The lowest BCUT2D eigenvalue weighted by molar-refractivity contribution is -0.130. The SMILES string of the molecule is COc1ccc(CN2CCC(=O)N(Cc3ccccc3C)CC2)c(F)c1. The van der Waals surface area contributed by atoms with E-state index in [-0.39, 0.29) is 11.7 Å². The average molecular weight is 356 g/mol. The summed E-state index contributed by atoms with van der Waals surface area (Å²) in [4.78, 5) is 16.5. The van der Waals surface area contributed by atoms with E-state index in [2.05, 4.69) is 24.0 Å². The summed E-state index contributed by atoms with van der Waals surface area (Å²) in [5, 5.41) is 0. The van der Waals surface area contributed by atoms with E-state index in [1.165, 1.54) is 24.3 Å². The van der Waals surface area contributed by atoms with Crippen LogP contribution in [0.4, 0.5) is 4.39 Å². The van der Waals surface area contributed by atoms with E-state index in [1.54, 1.807) is 12.1 Å². The van der Waals surface area contributed by atoms with Crippen molar-refractivity contribution in [1.29, 1.82) is 0 Å². The first kappa shape index (κ1) is 18.4. The van der Waals surface area contributed by atoms with Crippen molar-refractivity contribution in [3.05, 3.63) is 65.0 Å². The van der Waals surface area contributed by atoms with Crippen LogP contribution in [-0.4, -0.2) is 42.5 Å². The monoisotopic (exact) mass is 356 g/mol. The molecule has 0 atom stereocenters. The number of methoxy groups -OCH3 is 1. The predicted molar refractivity (Wildman–Crippen MR) is 99.4 cm³/mol. The Balaban J connectivity index is 1.64. The molecule has 0 radical (unpaired) electrons. The van der Waals surface area contributed by atoms with Crippen molar-refractivity contribution in [3.63, 3.8) is 0 Å². The fourth-order valence-corrected chi connectivity index (χ4v) is 3.25. The standard InChI is InChI=1S/C21H25FN2O2/c1-16-5-3-4-6-17(16)15-24-12-11-23(10-9-21(24)25)14-18-7-8-19(26-2)13-20(18)22/h3-8,13H,9-12,14-15H2,1-2H3. The number of nitrogens with zero attached hydrogens (tertiary/aromatic N) is 2. The lowest BCUT2D eigenvalue weighted by Gasteiger charge is -2.23. The Morgan fingerprint density at radius 3 is 2.58 bits per heavy atom. The molecule has 0 saturated carbocycles. The fourth-order valence-electron chi connectivity index (χ4n) is 3.25. The average Bonchev–Trinajstić information content (AvgIpc) is 2.81. The first-order chi connectivity index (χ1) is 12.6. The molecular weight excluding hydrogens is 331 g/mol. The first-order valence-electron chi connectivity index (χ1n) is 8.94. The highest BCUT2D eigenvalue weighted by atomic mass is 19.1. The second kappa shape index (κ2) is 8.32. The maximum Gasteiger partial charge on any atom is 0.224 e. The maximum atomic E-state index is 14.2. The molecular formula is C21H25FN2O2. The number of amides is 1. The molecule has 0 bridgehead atoms. The molecule has 0 aromatic heterocycles. The third kappa shape index (κ3) is 4.41. The van der Waals surface area contributed by atoms with Gasteiger partial charge in [-0.2, -0.15) is 0 Å². The van der Waals surface area contributed by atoms with Gasteiger partial charge < -0.3 is 9.64 Å². The number of rotatable bonds is 5. The maximum absolute atomic E-state index is 14.2. The van der Waals surface area contributed by atoms with Gasteiger partial charge >= 0.3 is 0 Å². The van der Waals surface area contributed by atoms with Crippen LogP contribution in [0.5, 0.6) is 5.75 Å². The summed E-state index contributed by atoms with van der Waals surface area (Å²) in [7, 11) is 1.53. The second-order valence-electron chi connectivity index (χ2n) is 6.73. The van der Waals surface area contributed by atoms with Crippen LogP contribution in [0.1, 0.15) is 23.1 Å². The number of carbonyl (C=O) groups excluding carboxylic acids is 1. The normalized spacial score (nSPS) is 15.8. The van der Waals surface area contributed by atoms with Gasteiger partial charge in [0.25, 0.3) is 0 Å². The molecule has 0 N–H and O–H groups in total. The quantitative estimate of drug-likeness (QED) is 0.823. The Labute approximate surface area is 154 Å². The minimum Gasteiger partial charge on any atom is -0.497 e. The van der Waals surface area contributed by atoms with Gasteiger partial charge in [0.05, 0.1) is 7.11 Å². The van der Waals surface area contributed by atoms with Crippen LogP contribution in [0.2, 0.25) is 0 Å². The van der Waals surface area contributed by atoms with Gasteiger partial charge in [-0.05, 0) is 24.1 Å². The van der Waals surface area contributed by atoms with Gasteiger partial charge in [-0.3, -0.25) is 9.69 Å². The van der Waals surface area contributed by atoms with E-state index in [0.29, 0.717) is 43.9 Å². The topological polar surface area (TPSA) is 32.8 Å². The highest BCUT2D eigenvalue weighted by Gasteiger charge is 2.22. The highest BCUT2D eigenvalue weighted by Crippen LogP contribution is 2.19. The van der Waals surface area contributed by atoms with Crippen molar-refractivity contribution in [2.24, 2.45) is 0 Å². The van der Waals surface area contributed by atoms with E-state index < -0.39 is 0 Å². The molecule has 5 heteroatoms. The Bertz CT molecular complexity index is 778. The molecule has 1 amide bonds. The molecule has 26 heavy (non-hydrogen) atoms. The predicted octanol–water partition coefficient (Wildman–Crippen LogP) is 3.38. The van der Waals surface area contributed by atoms with Crippen molar-refractivity contribution >= 4 is 5.91 Å². The van der Waals surface area contributed by atoms with E-state index in [9.17, 15) is 9.18 Å². The van der Waals surface area contributed by atoms with E-state index >= 15 is 0 Å². The molecule has 4 nitrogen and oxygen atoms in total. The van der Waals surface area contributed by atoms with Crippen LogP contribution in [0, 0.1) is 12.7 Å². The summed E-state index contributed by atoms with van der Waals surface area (Å²) in [6.07, 6.45) is 0.462. The summed E-state index contributed by atoms with van der Waals surface area (Å²) in [6, 6.07) is 13.1. The molecule has 138 valence electrons. The van der Waals surface area contributed by atoms with Gasteiger partial charge in [0.15, 0.2) is 0 Å². The van der Waals surface area contributed by atoms with Crippen LogP contribution >= 0.6 is 0 Å². The summed E-state index contributed by atoms with van der Waals surface area (Å²) in [5.41, 5.74) is 3.00. The van der Waals surface area contributed by atoms with Gasteiger partial charge in [-0.1, -0.05) is 30.3 Å². The fraction of sp³-hybridized carbons (Fsp3) is 0.381. The Morgan fingerprint density at radius 2 is 1.85 bits per heavy atom. The molecule has 2 aromatic rings. The lowest BCUT2D eigenvalue weighted by Crippen LogP contribution is -2.33. The summed E-state index contributed by atoms with van der Waals surface area (Å²) < 4.78 is 19.2. The largest absolute Gasteiger partial charge is 0.497 e. The second-order valence-corrected chi connectivity index (χ2v) is 6.73. The zero-order valence-corrected chi connectivity index (χ0v) is 15.4. The zero-order chi connectivity index (χ0) is 18.5. The number of benzene rings is 2. The number of ether oxygens (including phenoxy) is 1. The van der Waals surface area contributed by atoms with Crippen LogP contribution in [0.25, 0.3) is 0 Å². The number of hydrogen-bond donors (Lipinski definition) is 0. The van der Waals surface area contributed by atoms with E-state index in [4.69, 9.17) is 4.74 Å². The number of aryl methyl sites for hydroxylation is 1. The highest BCUT2D eigenvalue weighted by molar-refractivity contribution is 5.76. The van der Waals surface area contributed by atoms with Crippen LogP contribution in [0.3, 0.4) is 0 Å². The van der Waals surface area contributed by atoms with Crippen molar-refractivity contribution in [3.8, 4) is 5.75 Å². The van der Waals surface area contributed by atoms with Crippen molar-refractivity contribution < 1.29 is 13.9 Å². The Hall–Kier alpha value is -2.40. The molecule has 0 aliphatic carbocycles. The van der Waals surface area contributed by atoms with Gasteiger partial charge in [0.1, 0.15) is 11.6 Å². The minimum atomic E-state index is -0.267. The third-order valence-electron chi connectivity index (χ3n) is 4.96. The van der Waals surface area contributed by atoms with Crippen molar-refractivity contribution in [1.82, 2.24) is 9.80 Å². The van der Waals surface area contributed by atoms with Crippen LogP contribution in [-0.2, 0) is 17.9 Å². The smallest absolute Gasteiger partial charge is 0.224 e. The molecule has 1 saturated heterocycles. The van der Waals surface area contributed by atoms with Gasteiger partial charge in [0.2, 0.25) is 5.91 Å². The van der Waals surface area contributed by atoms with E-state index in [0.717, 1.165) is 6.54 Å². The Morgan fingerprint density at radius 1 is 1.04 bits per heavy atom. The van der Waals surface area contributed by atoms with Crippen molar-refractivity contribution in [2.75, 3.05) is 26.7 Å². The molecule has 2 aromatic carbocycles. The molecule has 1 heterocycles. The molecule has 1 fully saturated rings. The van der Waals surface area contributed by atoms with Crippen LogP contribution in [0.15, 0.2) is 42.5 Å². The minimum absolute atomic E-state index is 0.158. The summed E-state index contributed by atoms with van der Waals surface area (Å²) in [5.74, 6) is 0.407. The molecule has 1 aliphatic heterocycles. The molecule has 3 rings (SSSR count). The summed E-state index contributed by atoms with van der Waals surface area (Å²) >= 11 is 0. The summed E-state index contributed by atoms with van der Waals surface area (Å²) in [6.45, 7) is 5.25.